The summed E-state index contributed by atoms with van der Waals surface area (Å²) in [6.45, 7) is 7.92. The van der Waals surface area contributed by atoms with Crippen molar-refractivity contribution in [2.24, 2.45) is 4.99 Å². The molecule has 3 N–H and O–H groups in total. The van der Waals surface area contributed by atoms with Crippen molar-refractivity contribution in [3.05, 3.63) is 165 Å². The van der Waals surface area contributed by atoms with Gasteiger partial charge in [0.25, 0.3) is 0 Å². The normalized spacial score (nSPS) is 18.3. The number of carbonyl (C=O) groups excluding carboxylic acids is 7. The van der Waals surface area contributed by atoms with Crippen LogP contribution in [0.2, 0.25) is 0 Å². The molecule has 4 aromatic rings. The Labute approximate surface area is 503 Å². The fourth-order valence-corrected chi connectivity index (χ4v) is 11.5. The topological polar surface area (TPSA) is 218 Å². The monoisotopic (exact) mass is 1220 g/mol. The number of nitrogens with zero attached hydrogens (tertiary/aromatic N) is 5. The van der Waals surface area contributed by atoms with Gasteiger partial charge in [0.05, 0.1) is 74.7 Å². The number of allylic oxidation sites excluding steroid dienone is 2. The second kappa shape index (κ2) is 30.7. The highest BCUT2D eigenvalue weighted by Crippen LogP contribution is 2.40. The summed E-state index contributed by atoms with van der Waals surface area (Å²) in [5.74, 6) is -9.45. The van der Waals surface area contributed by atoms with Crippen LogP contribution in [0.25, 0.3) is 0 Å². The number of benzene rings is 4. The van der Waals surface area contributed by atoms with E-state index in [0.717, 1.165) is 54.5 Å². The van der Waals surface area contributed by atoms with E-state index >= 15 is 0 Å². The highest BCUT2D eigenvalue weighted by Gasteiger charge is 2.46. The first-order valence-electron chi connectivity index (χ1n) is 27.5. The molecule has 2 saturated heterocycles. The summed E-state index contributed by atoms with van der Waals surface area (Å²) < 4.78 is 90.1. The number of aliphatic imine (C=N–C) groups is 1. The highest BCUT2D eigenvalue weighted by molar-refractivity contribution is 5.97. The van der Waals surface area contributed by atoms with Gasteiger partial charge in [0.15, 0.2) is 29.1 Å². The van der Waals surface area contributed by atoms with Crippen molar-refractivity contribution < 1.29 is 74.5 Å². The highest BCUT2D eigenvalue weighted by atomic mass is 19.2. The largest absolute Gasteiger partial charge is 0.468 e. The summed E-state index contributed by atoms with van der Waals surface area (Å²) in [6.07, 6.45) is 2.25. The number of urea groups is 1. The Hall–Kier alpha value is -8.51. The molecule has 0 aromatic heterocycles. The number of methoxy groups -OCH3 is 4. The Balaban J connectivity index is 0.000000310. The van der Waals surface area contributed by atoms with Gasteiger partial charge in [0.2, 0.25) is 11.8 Å². The van der Waals surface area contributed by atoms with Gasteiger partial charge >= 0.3 is 29.9 Å². The minimum Gasteiger partial charge on any atom is -0.468 e. The third kappa shape index (κ3) is 15.6. The molecule has 0 aliphatic carbocycles. The average Bonchev–Trinajstić information content (AvgIpc) is 1.29. The lowest BCUT2D eigenvalue weighted by Crippen LogP contribution is -2.52. The van der Waals surface area contributed by atoms with Gasteiger partial charge in [0.1, 0.15) is 12.4 Å². The SMILES string of the molecule is C.C.COC(=O)C1=C(C)N=C(C)N(CC(=O)NCCN2CCC(C(=O)OC)(c3ccccc3)CC2)C1c1cc(F)c(F)c(F)c1.COC(=O)C1=C(C)NC(=O)N(CC(=O)NCCN2CCC(C(=O)OC)(c3ccccc3)CC2)C1c1ccc(F)c(F)c1. The fourth-order valence-electron chi connectivity index (χ4n) is 11.5. The molecule has 8 rings (SSSR count). The van der Waals surface area contributed by atoms with E-state index in [1.165, 1.54) is 32.1 Å². The van der Waals surface area contributed by atoms with Crippen LogP contribution in [0, 0.1) is 29.1 Å². The summed E-state index contributed by atoms with van der Waals surface area (Å²) in [5.41, 5.74) is 0.824. The minimum absolute atomic E-state index is 0. The third-order valence-electron chi connectivity index (χ3n) is 16.0. The molecule has 4 amide bonds. The summed E-state index contributed by atoms with van der Waals surface area (Å²) in [5, 5.41) is 8.17. The van der Waals surface area contributed by atoms with Gasteiger partial charge in [-0.1, -0.05) is 81.6 Å². The Morgan fingerprint density at radius 3 is 1.43 bits per heavy atom. The number of amides is 4. The predicted octanol–water partition coefficient (Wildman–Crippen LogP) is 7.72. The van der Waals surface area contributed by atoms with E-state index in [2.05, 4.69) is 30.7 Å². The number of ether oxygens (including phenoxy) is 4. The van der Waals surface area contributed by atoms with Crippen LogP contribution < -0.4 is 16.0 Å². The zero-order valence-electron chi connectivity index (χ0n) is 48.3. The number of esters is 4. The maximum Gasteiger partial charge on any atom is 0.338 e. The standard InChI is InChI=1S/C31H35F3N4O5.C30H34F2N4O6.2CH4/c1-19-26(29(40)42-3)28(21-16-23(32)27(34)24(33)17-21)38(20(2)36-19)18-25(39)35-12-15-37-13-10-31(11-14-37,30(41)43-4)22-8-6-5-7-9-22;1-19-25(27(38)41-2)26(20-9-10-22(31)23(32)17-20)36(29(40)34-19)18-24(37)33-13-16-35-14-11-30(12-15-35,28(39)42-3)21-7-5-4-6-8-21;;/h5-9,16-17,28H,10-15,18H2,1-4H3,(H,35,39);4-10,17,26H,11-16,18H2,1-3H3,(H,33,37)(H,34,40);2*1H4. The first-order chi connectivity index (χ1) is 40.6. The number of hydrogen-bond donors (Lipinski definition) is 3. The molecule has 4 aliphatic heterocycles. The lowest BCUT2D eigenvalue weighted by atomic mass is 9.72. The molecule has 4 aliphatic rings. The van der Waals surface area contributed by atoms with Crippen molar-refractivity contribution in [3.8, 4) is 0 Å². The summed E-state index contributed by atoms with van der Waals surface area (Å²) in [6, 6.07) is 20.7. The quantitative estimate of drug-likeness (QED) is 0.0376. The van der Waals surface area contributed by atoms with E-state index in [9.17, 15) is 55.5 Å². The van der Waals surface area contributed by atoms with Gasteiger partial charge in [-0.25, -0.2) is 41.3 Å². The Morgan fingerprint density at radius 2 is 0.989 bits per heavy atom. The summed E-state index contributed by atoms with van der Waals surface area (Å²) >= 11 is 0. The van der Waals surface area contributed by atoms with Crippen LogP contribution in [0.15, 0.2) is 119 Å². The molecule has 0 saturated carbocycles. The van der Waals surface area contributed by atoms with Crippen molar-refractivity contribution >= 4 is 47.6 Å². The first-order valence-corrected chi connectivity index (χ1v) is 27.5. The molecule has 87 heavy (non-hydrogen) atoms. The van der Waals surface area contributed by atoms with E-state index in [1.807, 2.05) is 60.7 Å². The predicted molar refractivity (Wildman–Crippen MR) is 314 cm³/mol. The van der Waals surface area contributed by atoms with Gasteiger partial charge in [-0.15, -0.1) is 0 Å². The van der Waals surface area contributed by atoms with E-state index in [1.54, 1.807) is 13.8 Å². The summed E-state index contributed by atoms with van der Waals surface area (Å²) in [4.78, 5) is 101. The number of nitrogens with one attached hydrogen (secondary N) is 3. The van der Waals surface area contributed by atoms with Crippen molar-refractivity contribution in [3.63, 3.8) is 0 Å². The van der Waals surface area contributed by atoms with Gasteiger partial charge in [0, 0.05) is 31.9 Å². The van der Waals surface area contributed by atoms with Crippen molar-refractivity contribution in [1.29, 1.82) is 0 Å². The molecule has 2 unspecified atom stereocenters. The van der Waals surface area contributed by atoms with Crippen LogP contribution in [-0.2, 0) is 58.5 Å². The maximum atomic E-state index is 14.2. The van der Waals surface area contributed by atoms with Crippen LogP contribution in [0.3, 0.4) is 0 Å². The molecule has 0 radical (unpaired) electrons. The maximum absolute atomic E-state index is 14.2. The molecule has 470 valence electrons. The van der Waals surface area contributed by atoms with Crippen LogP contribution in [0.1, 0.15) is 95.6 Å². The Kier molecular flexibility index (Phi) is 24.5. The van der Waals surface area contributed by atoms with Gasteiger partial charge in [-0.2, -0.15) is 0 Å². The van der Waals surface area contributed by atoms with E-state index in [-0.39, 0.29) is 73.5 Å². The van der Waals surface area contributed by atoms with Gasteiger partial charge in [-0.05, 0) is 119 Å². The molecule has 0 spiro atoms. The molecule has 4 heterocycles. The fraction of sp³-hybridized carbons (Fsp3) is 0.429. The van der Waals surface area contributed by atoms with Crippen LogP contribution in [0.5, 0.6) is 0 Å². The van der Waals surface area contributed by atoms with E-state index in [0.29, 0.717) is 77.3 Å². The molecule has 2 fully saturated rings. The molecule has 19 nitrogen and oxygen atoms in total. The van der Waals surface area contributed by atoms with E-state index < -0.39 is 88.3 Å². The number of piperidine rings is 2. The molecular weight excluding hydrogens is 1140 g/mol. The number of carbonyl (C=O) groups is 7. The minimum atomic E-state index is -1.64. The molecule has 0 bridgehead atoms. The molecule has 4 aromatic carbocycles. The molecule has 2 atom stereocenters. The van der Waals surface area contributed by atoms with E-state index in [4.69, 9.17) is 18.9 Å². The lowest BCUT2D eigenvalue weighted by Gasteiger charge is -2.40. The number of rotatable bonds is 18. The Morgan fingerprint density at radius 1 is 0.563 bits per heavy atom. The van der Waals surface area contributed by atoms with Crippen molar-refractivity contribution in [2.75, 3.05) is 93.9 Å². The van der Waals surface area contributed by atoms with Crippen LogP contribution >= 0.6 is 0 Å². The summed E-state index contributed by atoms with van der Waals surface area (Å²) in [7, 11) is 5.10. The van der Waals surface area contributed by atoms with Crippen LogP contribution in [-0.4, -0.2) is 161 Å². The van der Waals surface area contributed by atoms with Crippen molar-refractivity contribution in [1.82, 2.24) is 35.6 Å². The third-order valence-corrected chi connectivity index (χ3v) is 16.0. The second-order valence-electron chi connectivity index (χ2n) is 20.9. The number of hydrogen-bond acceptors (Lipinski definition) is 15. The smallest absolute Gasteiger partial charge is 0.338 e. The zero-order chi connectivity index (χ0) is 61.8. The first kappa shape index (κ1) is 69.3. The Bertz CT molecular complexity index is 3220. The lowest BCUT2D eigenvalue weighted by molar-refractivity contribution is -0.150. The zero-order valence-corrected chi connectivity index (χ0v) is 48.3. The van der Waals surface area contributed by atoms with Gasteiger partial charge in [-0.3, -0.25) is 19.2 Å². The number of likely N-dealkylation sites (tertiary alicyclic amines) is 2. The number of halogens is 5. The van der Waals surface area contributed by atoms with Gasteiger partial charge < -0.3 is 54.5 Å². The van der Waals surface area contributed by atoms with Crippen LogP contribution in [0.4, 0.5) is 26.7 Å². The molecule has 24 heteroatoms. The second-order valence-corrected chi connectivity index (χ2v) is 20.9. The number of amidine groups is 1. The molecular formula is C63H77F5N8O11. The average molecular weight is 1220 g/mol. The van der Waals surface area contributed by atoms with Crippen molar-refractivity contribution in [2.45, 2.75) is 84.2 Å².